The van der Waals surface area contributed by atoms with Crippen LogP contribution in [0.15, 0.2) is 41.5 Å². The van der Waals surface area contributed by atoms with Gasteiger partial charge in [-0.25, -0.2) is 0 Å². The Bertz CT molecular complexity index is 910. The summed E-state index contributed by atoms with van der Waals surface area (Å²) in [7, 11) is -0.995. The molecule has 2 unspecified atom stereocenters. The van der Waals surface area contributed by atoms with Gasteiger partial charge in [-0.05, 0) is 30.7 Å². The summed E-state index contributed by atoms with van der Waals surface area (Å²) in [6, 6.07) is 11.1. The van der Waals surface area contributed by atoms with Crippen LogP contribution in [0.3, 0.4) is 0 Å². The van der Waals surface area contributed by atoms with Crippen LogP contribution in [0.2, 0.25) is 13.1 Å². The van der Waals surface area contributed by atoms with Crippen molar-refractivity contribution in [3.8, 4) is 0 Å². The molecule has 3 heterocycles. The van der Waals surface area contributed by atoms with Crippen LogP contribution in [0.4, 0.5) is 0 Å². The first-order valence-electron chi connectivity index (χ1n) is 8.62. The van der Waals surface area contributed by atoms with E-state index in [4.69, 9.17) is 0 Å². The second-order valence-electron chi connectivity index (χ2n) is 7.80. The van der Waals surface area contributed by atoms with Crippen molar-refractivity contribution < 1.29 is 49.5 Å². The Kier molecular flexibility index (Phi) is 6.74. The van der Waals surface area contributed by atoms with Crippen LogP contribution in [0.5, 0.6) is 0 Å². The maximum absolute atomic E-state index is 2.52. The van der Waals surface area contributed by atoms with Crippen LogP contribution < -0.4 is 24.8 Å². The number of fused-ring (bicyclic) bond motifs is 1. The van der Waals surface area contributed by atoms with Gasteiger partial charge >= 0.3 is 82.3 Å². The average Bonchev–Trinajstić information content (AvgIpc) is 3.15. The SMILES string of the molecule is CC1=C2c3sc(C)cc3C1[Si]2(C)C.CC1=Cc2ccccc2[CH]1[Zr+2].[Cl-].[Cl-]. The monoisotopic (exact) mass is 495 g/mol. The molecule has 0 nitrogen and oxygen atoms in total. The molecule has 0 saturated carbocycles. The van der Waals surface area contributed by atoms with Gasteiger partial charge in [0.05, 0.1) is 8.07 Å². The number of thiophene rings is 1. The third-order valence-corrected chi connectivity index (χ3v) is 13.0. The van der Waals surface area contributed by atoms with E-state index in [9.17, 15) is 0 Å². The summed E-state index contributed by atoms with van der Waals surface area (Å²) < 4.78 is 0.721. The predicted octanol–water partition coefficient (Wildman–Crippen LogP) is 0.427. The summed E-state index contributed by atoms with van der Waals surface area (Å²) in [5.41, 5.74) is 8.70. The smallest absolute Gasteiger partial charge is 1.00 e. The van der Waals surface area contributed by atoms with E-state index in [-0.39, 0.29) is 24.8 Å². The minimum atomic E-state index is -0.995. The maximum Gasteiger partial charge on any atom is -1.00 e. The molecule has 0 saturated heterocycles. The van der Waals surface area contributed by atoms with E-state index in [1.165, 1.54) is 21.6 Å². The number of halogens is 2. The molecule has 2 bridgehead atoms. The molecule has 5 heteroatoms. The Morgan fingerprint density at radius 1 is 1.00 bits per heavy atom. The Hall–Kier alpha value is 0.0800. The van der Waals surface area contributed by atoms with Crippen LogP contribution in [0.1, 0.15) is 49.5 Å². The Labute approximate surface area is 189 Å². The molecule has 1 aromatic carbocycles. The summed E-state index contributed by atoms with van der Waals surface area (Å²) in [5, 5.41) is 1.78. The molecule has 0 radical (unpaired) electrons. The van der Waals surface area contributed by atoms with Gasteiger partial charge in [0.1, 0.15) is 0 Å². The van der Waals surface area contributed by atoms with Gasteiger partial charge in [0.15, 0.2) is 0 Å². The van der Waals surface area contributed by atoms with Crippen molar-refractivity contribution in [2.45, 2.75) is 43.0 Å². The Morgan fingerprint density at radius 3 is 2.23 bits per heavy atom. The number of allylic oxidation sites excluding steroid dienone is 2. The summed E-state index contributed by atoms with van der Waals surface area (Å²) in [5.74, 6) is 0. The number of benzene rings is 1. The molecule has 2 aliphatic carbocycles. The quantitative estimate of drug-likeness (QED) is 0.463. The van der Waals surface area contributed by atoms with Crippen LogP contribution in [0.25, 0.3) is 11.3 Å². The van der Waals surface area contributed by atoms with Gasteiger partial charge in [-0.15, -0.1) is 11.3 Å². The zero-order chi connectivity index (χ0) is 17.2. The van der Waals surface area contributed by atoms with Gasteiger partial charge in [-0.1, -0.05) is 18.7 Å². The van der Waals surface area contributed by atoms with Crippen LogP contribution in [0, 0.1) is 6.92 Å². The van der Waals surface area contributed by atoms with Gasteiger partial charge in [-0.3, -0.25) is 0 Å². The van der Waals surface area contributed by atoms with Crippen LogP contribution >= 0.6 is 11.3 Å². The van der Waals surface area contributed by atoms with Crippen molar-refractivity contribution in [2.75, 3.05) is 0 Å². The van der Waals surface area contributed by atoms with Gasteiger partial charge in [0.25, 0.3) is 0 Å². The fraction of sp³-hybridized carbons (Fsp3) is 0.333. The molecule has 6 rings (SSSR count). The standard InChI is InChI=1S/C11H14SSi.C10H9.2ClH.Zr/c1-6-5-8-9(12-6)11-7(2)10(8)13(11,3)4;1-8-6-9-4-2-3-5-10(9)7-8;;;/h5,10H,1-4H3;2-7H,1H3;2*1H;/q;;;;+2/p-2. The van der Waals surface area contributed by atoms with E-state index in [1.807, 2.05) is 11.3 Å². The Morgan fingerprint density at radius 2 is 1.65 bits per heavy atom. The molecule has 4 aliphatic rings. The van der Waals surface area contributed by atoms with Gasteiger partial charge in [0.2, 0.25) is 0 Å². The summed E-state index contributed by atoms with van der Waals surface area (Å²) in [6.45, 7) is 11.8. The zero-order valence-corrected chi connectivity index (χ0v) is 21.6. The van der Waals surface area contributed by atoms with E-state index in [0.717, 1.165) is 9.17 Å². The second-order valence-corrected chi connectivity index (χ2v) is 15.0. The number of rotatable bonds is 0. The molecule has 0 fully saturated rings. The molecule has 2 aliphatic heterocycles. The van der Waals surface area contributed by atoms with Crippen molar-refractivity contribution in [3.05, 3.63) is 67.9 Å². The average molecular weight is 498 g/mol. The summed E-state index contributed by atoms with van der Waals surface area (Å²) >= 11 is 3.61. The molecule has 26 heavy (non-hydrogen) atoms. The number of hydrogen-bond donors (Lipinski definition) is 0. The van der Waals surface area contributed by atoms with Crippen molar-refractivity contribution in [3.63, 3.8) is 0 Å². The van der Waals surface area contributed by atoms with E-state index >= 15 is 0 Å². The second kappa shape index (κ2) is 7.84. The van der Waals surface area contributed by atoms with Crippen LogP contribution in [-0.4, -0.2) is 8.07 Å². The molecular formula is C21H23Cl2SSiZr. The van der Waals surface area contributed by atoms with Gasteiger partial charge < -0.3 is 24.8 Å². The third-order valence-electron chi connectivity index (χ3n) is 5.76. The Balaban J connectivity index is 0.000000176. The van der Waals surface area contributed by atoms with E-state index in [2.05, 4.69) is 70.3 Å². The van der Waals surface area contributed by atoms with Crippen molar-refractivity contribution in [2.24, 2.45) is 0 Å². The largest absolute Gasteiger partial charge is 1.00 e. The fourth-order valence-corrected chi connectivity index (χ4v) is 11.9. The molecule has 1 aromatic heterocycles. The minimum absolute atomic E-state index is 0. The molecule has 2 aromatic rings. The number of hydrogen-bond acceptors (Lipinski definition) is 1. The topological polar surface area (TPSA) is 0 Å². The van der Waals surface area contributed by atoms with Crippen molar-refractivity contribution in [1.82, 2.24) is 0 Å². The van der Waals surface area contributed by atoms with Gasteiger partial charge in [0, 0.05) is 15.3 Å². The van der Waals surface area contributed by atoms with Crippen molar-refractivity contribution >= 4 is 30.7 Å². The van der Waals surface area contributed by atoms with E-state index < -0.39 is 8.07 Å². The molecule has 135 valence electrons. The summed E-state index contributed by atoms with van der Waals surface area (Å²) in [4.78, 5) is 3.14. The first-order valence-corrected chi connectivity index (χ1v) is 13.9. The van der Waals surface area contributed by atoms with Crippen LogP contribution in [-0.2, 0) is 24.7 Å². The minimum Gasteiger partial charge on any atom is -1.00 e. The van der Waals surface area contributed by atoms with E-state index in [0.29, 0.717) is 0 Å². The molecule has 0 amide bonds. The number of aryl methyl sites for hydroxylation is 1. The van der Waals surface area contributed by atoms with Crippen molar-refractivity contribution in [1.29, 1.82) is 0 Å². The van der Waals surface area contributed by atoms with Gasteiger partial charge in [-0.2, -0.15) is 0 Å². The maximum atomic E-state index is 2.52. The molecule has 0 N–H and O–H groups in total. The first kappa shape index (κ1) is 22.4. The zero-order valence-electron chi connectivity index (χ0n) is 15.8. The summed E-state index contributed by atoms with van der Waals surface area (Å²) in [6.07, 6.45) is 2.30. The first-order chi connectivity index (χ1) is 11.3. The molecule has 0 spiro atoms. The van der Waals surface area contributed by atoms with E-state index in [1.54, 1.807) is 45.9 Å². The normalized spacial score (nSPS) is 22.8. The predicted molar refractivity (Wildman–Crippen MR) is 105 cm³/mol. The molecular weight excluding hydrogens is 475 g/mol. The molecule has 2 atom stereocenters. The third kappa shape index (κ3) is 3.22. The fourth-order valence-electron chi connectivity index (χ4n) is 4.78.